The summed E-state index contributed by atoms with van der Waals surface area (Å²) in [5.74, 6) is 0. The molecule has 0 aliphatic heterocycles. The summed E-state index contributed by atoms with van der Waals surface area (Å²) in [7, 11) is 0. The third-order valence-electron chi connectivity index (χ3n) is 11.2. The van der Waals surface area contributed by atoms with Crippen LogP contribution in [0, 0.1) is 25.2 Å². The molecule has 0 saturated carbocycles. The molecule has 314 valence electrons. The highest BCUT2D eigenvalue weighted by atomic mass is 16.3. The minimum atomic E-state index is -3.14. The van der Waals surface area contributed by atoms with Gasteiger partial charge in [-0.15, -0.1) is 0 Å². The first-order valence-electron chi connectivity index (χ1n) is 27.1. The van der Waals surface area contributed by atoms with Gasteiger partial charge in [0.15, 0.2) is 0 Å². The fourth-order valence-corrected chi connectivity index (χ4v) is 7.85. The zero-order valence-electron chi connectivity index (χ0n) is 47.5. The topological polar surface area (TPSA) is 75.6 Å². The Balaban J connectivity index is 1.07. The van der Waals surface area contributed by atoms with Gasteiger partial charge in [-0.05, 0) is 139 Å². The third kappa shape index (κ3) is 8.85. The van der Waals surface area contributed by atoms with Gasteiger partial charge >= 0.3 is 0 Å². The molecule has 0 radical (unpaired) electrons. The normalized spacial score (nSPS) is 15.3. The molecule has 0 N–H and O–H groups in total. The van der Waals surface area contributed by atoms with Gasteiger partial charge in [0.05, 0.1) is 28.7 Å². The summed E-state index contributed by atoms with van der Waals surface area (Å²) in [4.78, 5) is 13.6. The van der Waals surface area contributed by atoms with Crippen LogP contribution in [0.4, 0.5) is 0 Å². The molecule has 0 bridgehead atoms. The minimum Gasteiger partial charge on any atom is -0.455 e. The van der Waals surface area contributed by atoms with Crippen molar-refractivity contribution in [1.82, 2.24) is 15.0 Å². The number of fused-ring (bicyclic) bond motifs is 3. The molecule has 6 aromatic carbocycles. The molecule has 5 heteroatoms. The van der Waals surface area contributed by atoms with Crippen molar-refractivity contribution >= 4 is 21.9 Å². The molecule has 0 aliphatic carbocycles. The Hall–Kier alpha value is -7.94. The number of nitrogens with zero attached hydrogens (tertiary/aromatic N) is 4. The van der Waals surface area contributed by atoms with Gasteiger partial charge in [0, 0.05) is 68.1 Å². The van der Waals surface area contributed by atoms with Crippen molar-refractivity contribution in [2.45, 2.75) is 52.1 Å². The standard InChI is InChI=1S/C60H48N4O/c1-40-31-56(46-13-6-3-7-14-46)63-38-50(40)26-23-44-33-43(34-45(35-44)24-27-51-39-64-57(32-41(51)2)47-15-8-4-9-16-47)22-21-42-25-30-55(62-37-42)54-20-12-19-52-53-29-28-49(36-61)58(60(53)65-59(52)54)48-17-10-5-11-18-48/h3-20,25,28-35,37-39H,21-24,26-27H2,1-2H3/i21D2,22D2,23D2,24D2,26D2,27D2. The van der Waals surface area contributed by atoms with E-state index in [-0.39, 0.29) is 16.7 Å². The number of rotatable bonds is 13. The SMILES string of the molecule is [2H]C([2H])(c1ccc(-c2cccc3c2oc2c(-c4ccccc4)c(C#N)ccc23)nc1)C([2H])([2H])c1cc(C([2H])([2H])C([2H])([2H])c2cnc(-c3ccccc3)cc2C)cc(C([2H])([2H])C([2H])([2H])c2cnc(-c3ccccc3)cc2C)c1. The molecule has 5 nitrogen and oxygen atoms in total. The first-order valence-corrected chi connectivity index (χ1v) is 21.1. The first kappa shape index (κ1) is 29.4. The van der Waals surface area contributed by atoms with Crippen LogP contribution in [-0.4, -0.2) is 15.0 Å². The minimum absolute atomic E-state index is 0.140. The maximum absolute atomic E-state index is 10.1. The number of aromatic nitrogens is 3. The van der Waals surface area contributed by atoms with Crippen molar-refractivity contribution < 1.29 is 20.9 Å². The van der Waals surface area contributed by atoms with Gasteiger partial charge < -0.3 is 4.42 Å². The van der Waals surface area contributed by atoms with Crippen molar-refractivity contribution in [2.24, 2.45) is 0 Å². The molecule has 10 rings (SSSR count). The van der Waals surface area contributed by atoms with E-state index < -0.39 is 54.9 Å². The Morgan fingerprint density at radius 2 is 0.969 bits per heavy atom. The van der Waals surface area contributed by atoms with E-state index in [0.717, 1.165) is 45.7 Å². The molecule has 0 amide bonds. The van der Waals surface area contributed by atoms with Gasteiger partial charge in [-0.1, -0.05) is 127 Å². The van der Waals surface area contributed by atoms with Crippen LogP contribution in [0.1, 0.15) is 66.5 Å². The second-order valence-electron chi connectivity index (χ2n) is 15.6. The Kier molecular flexibility index (Phi) is 8.34. The molecule has 0 fully saturated rings. The molecule has 0 spiro atoms. The lowest BCUT2D eigenvalue weighted by molar-refractivity contribution is 0.670. The molecular weight excluding hydrogens is 793 g/mol. The monoisotopic (exact) mass is 852 g/mol. The van der Waals surface area contributed by atoms with Crippen LogP contribution >= 0.6 is 0 Å². The van der Waals surface area contributed by atoms with Gasteiger partial charge in [-0.2, -0.15) is 5.26 Å². The summed E-state index contributed by atoms with van der Waals surface area (Å²) in [6.07, 6.45) is -14.5. The van der Waals surface area contributed by atoms with Crippen LogP contribution in [-0.2, 0) is 38.2 Å². The van der Waals surface area contributed by atoms with E-state index in [1.54, 1.807) is 38.1 Å². The van der Waals surface area contributed by atoms with Crippen molar-refractivity contribution in [3.8, 4) is 51.0 Å². The van der Waals surface area contributed by atoms with E-state index >= 15 is 0 Å². The Bertz CT molecular complexity index is 3790. The fraction of sp³-hybridized carbons (Fsp3) is 0.133. The maximum atomic E-state index is 10.1. The highest BCUT2D eigenvalue weighted by molar-refractivity contribution is 6.13. The third-order valence-corrected chi connectivity index (χ3v) is 11.2. The van der Waals surface area contributed by atoms with Crippen molar-refractivity contribution in [1.29, 1.82) is 5.26 Å². The van der Waals surface area contributed by atoms with E-state index in [9.17, 15) is 21.7 Å². The largest absolute Gasteiger partial charge is 0.455 e. The van der Waals surface area contributed by atoms with Crippen LogP contribution in [0.15, 0.2) is 187 Å². The van der Waals surface area contributed by atoms with Gasteiger partial charge in [0.25, 0.3) is 0 Å². The molecule has 65 heavy (non-hydrogen) atoms. The van der Waals surface area contributed by atoms with E-state index in [4.69, 9.17) is 4.42 Å². The number of hydrogen-bond acceptors (Lipinski definition) is 5. The molecule has 0 atom stereocenters. The second kappa shape index (κ2) is 18.4. The van der Waals surface area contributed by atoms with Gasteiger partial charge in [0.2, 0.25) is 0 Å². The lowest BCUT2D eigenvalue weighted by atomic mass is 9.93. The number of para-hydroxylation sites is 1. The van der Waals surface area contributed by atoms with E-state index in [1.165, 1.54) is 30.7 Å². The Labute approximate surface area is 397 Å². The number of pyridine rings is 3. The number of hydrogen-bond donors (Lipinski definition) is 0. The number of nitriles is 1. The predicted octanol–water partition coefficient (Wildman–Crippen LogP) is 14.3. The second-order valence-corrected chi connectivity index (χ2v) is 15.6. The summed E-state index contributed by atoms with van der Waals surface area (Å²) in [5, 5.41) is 11.6. The van der Waals surface area contributed by atoms with Crippen LogP contribution < -0.4 is 0 Å². The highest BCUT2D eigenvalue weighted by Crippen LogP contribution is 2.41. The Morgan fingerprint density at radius 3 is 1.49 bits per heavy atom. The Morgan fingerprint density at radius 1 is 0.462 bits per heavy atom. The zero-order valence-corrected chi connectivity index (χ0v) is 35.5. The summed E-state index contributed by atoms with van der Waals surface area (Å²) in [6, 6.07) is 48.2. The van der Waals surface area contributed by atoms with E-state index in [1.807, 2.05) is 109 Å². The van der Waals surface area contributed by atoms with Crippen LogP contribution in [0.2, 0.25) is 0 Å². The fourth-order valence-electron chi connectivity index (χ4n) is 7.85. The summed E-state index contributed by atoms with van der Waals surface area (Å²) in [6.45, 7) is 3.23. The van der Waals surface area contributed by atoms with Crippen molar-refractivity contribution in [3.63, 3.8) is 0 Å². The predicted molar refractivity (Wildman–Crippen MR) is 265 cm³/mol. The molecule has 0 aliphatic rings. The molecule has 4 aromatic heterocycles. The zero-order chi connectivity index (χ0) is 54.9. The molecule has 0 unspecified atom stereocenters. The van der Waals surface area contributed by atoms with E-state index in [2.05, 4.69) is 21.0 Å². The highest BCUT2D eigenvalue weighted by Gasteiger charge is 2.19. The molecule has 10 aromatic rings. The van der Waals surface area contributed by atoms with Crippen LogP contribution in [0.25, 0.3) is 66.8 Å². The summed E-state index contributed by atoms with van der Waals surface area (Å²) >= 11 is 0. The van der Waals surface area contributed by atoms with Crippen molar-refractivity contribution in [3.05, 3.63) is 232 Å². The quantitative estimate of drug-likeness (QED) is 0.115. The summed E-state index contributed by atoms with van der Waals surface area (Å²) in [5.41, 5.74) is 4.67. The first-order chi connectivity index (χ1) is 36.5. The molecular formula is C60H48N4O. The molecule has 0 saturated heterocycles. The number of benzene rings is 6. The lowest BCUT2D eigenvalue weighted by Crippen LogP contribution is -2.02. The number of aryl methyl sites for hydroxylation is 8. The van der Waals surface area contributed by atoms with Gasteiger partial charge in [-0.25, -0.2) is 0 Å². The average Bonchev–Trinajstić information content (AvgIpc) is 3.83. The maximum Gasteiger partial charge on any atom is 0.144 e. The van der Waals surface area contributed by atoms with E-state index in [0.29, 0.717) is 56.1 Å². The number of furan rings is 1. The van der Waals surface area contributed by atoms with Gasteiger partial charge in [-0.3, -0.25) is 15.0 Å². The van der Waals surface area contributed by atoms with Crippen LogP contribution in [0.5, 0.6) is 0 Å². The lowest BCUT2D eigenvalue weighted by Gasteiger charge is -2.13. The van der Waals surface area contributed by atoms with Crippen LogP contribution in [0.3, 0.4) is 0 Å². The summed E-state index contributed by atoms with van der Waals surface area (Å²) < 4.78 is 121. The van der Waals surface area contributed by atoms with Gasteiger partial charge in [0.1, 0.15) is 11.2 Å². The smallest absolute Gasteiger partial charge is 0.144 e. The average molecular weight is 853 g/mol. The molecule has 4 heterocycles. The van der Waals surface area contributed by atoms with Crippen molar-refractivity contribution in [2.75, 3.05) is 0 Å².